The van der Waals surface area contributed by atoms with E-state index in [0.717, 1.165) is 16.5 Å². The Morgan fingerprint density at radius 2 is 2.14 bits per heavy atom. The number of carbonyl (C=O) groups is 1. The van der Waals surface area contributed by atoms with Gasteiger partial charge in [-0.15, -0.1) is 0 Å². The lowest BCUT2D eigenvalue weighted by atomic mass is 10.1. The van der Waals surface area contributed by atoms with Crippen molar-refractivity contribution in [3.05, 3.63) is 36.7 Å². The first kappa shape index (κ1) is 9.39. The van der Waals surface area contributed by atoms with E-state index in [4.69, 9.17) is 0 Å². The van der Waals surface area contributed by atoms with E-state index in [1.165, 1.54) is 0 Å². The maximum Gasteiger partial charge on any atom is 0.284 e. The molecule has 0 aliphatic carbocycles. The SMILES string of the molecule is O=C(I)Nc1ccc2cnccc2c1. The van der Waals surface area contributed by atoms with Crippen molar-refractivity contribution < 1.29 is 4.79 Å². The smallest absolute Gasteiger partial charge is 0.284 e. The van der Waals surface area contributed by atoms with Crippen molar-refractivity contribution in [1.29, 1.82) is 0 Å². The first-order valence-corrected chi connectivity index (χ1v) is 5.14. The summed E-state index contributed by atoms with van der Waals surface area (Å²) in [5, 5.41) is 4.86. The number of carbonyl (C=O) groups excluding carboxylic acids is 1. The number of rotatable bonds is 1. The van der Waals surface area contributed by atoms with Crippen LogP contribution in [-0.2, 0) is 0 Å². The number of fused-ring (bicyclic) bond motifs is 1. The van der Waals surface area contributed by atoms with Gasteiger partial charge in [0.15, 0.2) is 0 Å². The first-order chi connectivity index (χ1) is 6.75. The van der Waals surface area contributed by atoms with Crippen molar-refractivity contribution in [3.8, 4) is 0 Å². The Morgan fingerprint density at radius 1 is 1.29 bits per heavy atom. The zero-order chi connectivity index (χ0) is 9.97. The minimum atomic E-state index is -0.0870. The van der Waals surface area contributed by atoms with Crippen LogP contribution >= 0.6 is 22.6 Å². The second-order valence-corrected chi connectivity index (χ2v) is 3.82. The average molecular weight is 298 g/mol. The number of aromatic nitrogens is 1. The van der Waals surface area contributed by atoms with E-state index in [1.807, 2.05) is 24.3 Å². The molecule has 2 aromatic rings. The molecule has 0 bridgehead atoms. The molecule has 0 unspecified atom stereocenters. The molecule has 0 saturated heterocycles. The highest BCUT2D eigenvalue weighted by Gasteiger charge is 1.98. The highest BCUT2D eigenvalue weighted by Crippen LogP contribution is 2.18. The quantitative estimate of drug-likeness (QED) is 0.499. The summed E-state index contributed by atoms with van der Waals surface area (Å²) in [6, 6.07) is 7.64. The molecule has 0 spiro atoms. The third kappa shape index (κ3) is 2.01. The average Bonchev–Trinajstić information content (AvgIpc) is 2.17. The monoisotopic (exact) mass is 298 g/mol. The second kappa shape index (κ2) is 3.91. The summed E-state index contributed by atoms with van der Waals surface area (Å²) in [5.74, 6) is 0. The van der Waals surface area contributed by atoms with Gasteiger partial charge in [-0.3, -0.25) is 9.78 Å². The van der Waals surface area contributed by atoms with Gasteiger partial charge in [0.05, 0.1) is 0 Å². The van der Waals surface area contributed by atoms with Crippen LogP contribution in [0.5, 0.6) is 0 Å². The van der Waals surface area contributed by atoms with Crippen LogP contribution in [-0.4, -0.2) is 8.90 Å². The van der Waals surface area contributed by atoms with Crippen molar-refractivity contribution in [2.75, 3.05) is 5.32 Å². The lowest BCUT2D eigenvalue weighted by Crippen LogP contribution is -1.99. The fourth-order valence-corrected chi connectivity index (χ4v) is 1.59. The molecule has 3 nitrogen and oxygen atoms in total. The predicted octanol–water partition coefficient (Wildman–Crippen LogP) is 3.20. The molecule has 0 radical (unpaired) electrons. The molecule has 1 heterocycles. The summed E-state index contributed by atoms with van der Waals surface area (Å²) < 4.78 is -0.0870. The fraction of sp³-hybridized carbons (Fsp3) is 0. The third-order valence-corrected chi connectivity index (χ3v) is 2.15. The summed E-state index contributed by atoms with van der Waals surface area (Å²) in [4.78, 5) is 14.8. The lowest BCUT2D eigenvalue weighted by Gasteiger charge is -2.02. The van der Waals surface area contributed by atoms with E-state index >= 15 is 0 Å². The number of hydrogen-bond donors (Lipinski definition) is 1. The number of hydrogen-bond acceptors (Lipinski definition) is 2. The summed E-state index contributed by atoms with van der Waals surface area (Å²) in [5.41, 5.74) is 0.808. The van der Waals surface area contributed by atoms with Crippen LogP contribution in [0, 0.1) is 0 Å². The van der Waals surface area contributed by atoms with Gasteiger partial charge in [-0.25, -0.2) is 0 Å². The Balaban J connectivity index is 2.46. The molecule has 1 amide bonds. The Kier molecular flexibility index (Phi) is 2.62. The van der Waals surface area contributed by atoms with Crippen LogP contribution in [0.2, 0.25) is 0 Å². The standard InChI is InChI=1S/C10H7IN2O/c11-10(14)13-9-2-1-8-6-12-4-3-7(8)5-9/h1-6H,(H,13,14). The molecule has 1 aromatic carbocycles. The van der Waals surface area contributed by atoms with Crippen LogP contribution < -0.4 is 5.32 Å². The van der Waals surface area contributed by atoms with Gasteiger partial charge in [-0.1, -0.05) is 6.07 Å². The maximum atomic E-state index is 10.8. The number of amides is 1. The van der Waals surface area contributed by atoms with E-state index in [0.29, 0.717) is 0 Å². The van der Waals surface area contributed by atoms with Gasteiger partial charge in [0.1, 0.15) is 0 Å². The number of nitrogens with one attached hydrogen (secondary N) is 1. The minimum Gasteiger partial charge on any atom is -0.317 e. The van der Waals surface area contributed by atoms with Crippen LogP contribution in [0.3, 0.4) is 0 Å². The second-order valence-electron chi connectivity index (χ2n) is 2.84. The predicted molar refractivity (Wildman–Crippen MR) is 64.8 cm³/mol. The number of pyridine rings is 1. The zero-order valence-corrected chi connectivity index (χ0v) is 9.36. The van der Waals surface area contributed by atoms with Gasteiger partial charge in [0.25, 0.3) is 3.91 Å². The molecule has 70 valence electrons. The highest BCUT2D eigenvalue weighted by atomic mass is 127. The molecule has 0 aliphatic rings. The number of nitrogens with zero attached hydrogens (tertiary/aromatic N) is 1. The number of benzene rings is 1. The van der Waals surface area contributed by atoms with Gasteiger partial charge in [-0.05, 0) is 23.6 Å². The first-order valence-electron chi connectivity index (χ1n) is 4.06. The van der Waals surface area contributed by atoms with Crippen LogP contribution in [0.1, 0.15) is 0 Å². The Bertz CT molecular complexity index is 484. The van der Waals surface area contributed by atoms with Gasteiger partial charge in [-0.2, -0.15) is 0 Å². The normalized spacial score (nSPS) is 10.1. The Hall–Kier alpha value is -1.17. The van der Waals surface area contributed by atoms with Crippen molar-refractivity contribution in [1.82, 2.24) is 4.98 Å². The van der Waals surface area contributed by atoms with E-state index < -0.39 is 0 Å². The zero-order valence-electron chi connectivity index (χ0n) is 7.20. The number of anilines is 1. The van der Waals surface area contributed by atoms with Crippen molar-refractivity contribution >= 4 is 43.0 Å². The summed E-state index contributed by atoms with van der Waals surface area (Å²) >= 11 is 1.71. The Labute approximate surface area is 94.7 Å². The molecular formula is C10H7IN2O. The molecular weight excluding hydrogens is 291 g/mol. The minimum absolute atomic E-state index is 0.0870. The molecule has 1 aromatic heterocycles. The van der Waals surface area contributed by atoms with Gasteiger partial charge >= 0.3 is 0 Å². The fourth-order valence-electron chi connectivity index (χ4n) is 1.27. The molecule has 0 fully saturated rings. The van der Waals surface area contributed by atoms with Gasteiger partial charge in [0.2, 0.25) is 0 Å². The van der Waals surface area contributed by atoms with Crippen LogP contribution in [0.25, 0.3) is 10.8 Å². The topological polar surface area (TPSA) is 42.0 Å². The third-order valence-electron chi connectivity index (χ3n) is 1.88. The highest BCUT2D eigenvalue weighted by molar-refractivity contribution is 14.1. The summed E-state index contributed by atoms with van der Waals surface area (Å²) in [6.45, 7) is 0. The molecule has 2 rings (SSSR count). The van der Waals surface area contributed by atoms with E-state index in [2.05, 4.69) is 10.3 Å². The van der Waals surface area contributed by atoms with E-state index in [1.54, 1.807) is 35.0 Å². The van der Waals surface area contributed by atoms with Gasteiger partial charge in [0, 0.05) is 46.1 Å². The molecule has 1 N–H and O–H groups in total. The summed E-state index contributed by atoms with van der Waals surface area (Å²) in [7, 11) is 0. The van der Waals surface area contributed by atoms with Crippen LogP contribution in [0.15, 0.2) is 36.7 Å². The summed E-state index contributed by atoms with van der Waals surface area (Å²) in [6.07, 6.45) is 3.53. The Morgan fingerprint density at radius 3 is 2.93 bits per heavy atom. The molecule has 0 atom stereocenters. The largest absolute Gasteiger partial charge is 0.317 e. The van der Waals surface area contributed by atoms with E-state index in [9.17, 15) is 4.79 Å². The van der Waals surface area contributed by atoms with Crippen LogP contribution in [0.4, 0.5) is 10.5 Å². The van der Waals surface area contributed by atoms with E-state index in [-0.39, 0.29) is 3.91 Å². The van der Waals surface area contributed by atoms with Crippen molar-refractivity contribution in [2.24, 2.45) is 0 Å². The van der Waals surface area contributed by atoms with Crippen molar-refractivity contribution in [2.45, 2.75) is 0 Å². The lowest BCUT2D eigenvalue weighted by molar-refractivity contribution is 0.272. The van der Waals surface area contributed by atoms with Gasteiger partial charge < -0.3 is 5.32 Å². The molecule has 4 heteroatoms. The maximum absolute atomic E-state index is 10.8. The van der Waals surface area contributed by atoms with Crippen molar-refractivity contribution in [3.63, 3.8) is 0 Å². The molecule has 14 heavy (non-hydrogen) atoms. The molecule has 0 saturated carbocycles. The molecule has 0 aliphatic heterocycles. The number of halogens is 1.